The molecule has 1 heterocycles. The van der Waals surface area contributed by atoms with Crippen LogP contribution in [-0.4, -0.2) is 46.8 Å². The van der Waals surface area contributed by atoms with Crippen molar-refractivity contribution in [2.75, 3.05) is 13.1 Å². The summed E-state index contributed by atoms with van der Waals surface area (Å²) < 4.78 is 19.6. The highest BCUT2D eigenvalue weighted by Crippen LogP contribution is 2.23. The number of amides is 2. The summed E-state index contributed by atoms with van der Waals surface area (Å²) in [5.74, 6) is -0.303. The number of nitrogens with zero attached hydrogens (tertiary/aromatic N) is 2. The number of carbonyl (C=O) groups excluding carboxylic acids is 2. The van der Waals surface area contributed by atoms with Gasteiger partial charge in [-0.3, -0.25) is 4.79 Å². The number of halogens is 1. The van der Waals surface area contributed by atoms with E-state index in [4.69, 9.17) is 4.74 Å². The number of rotatable bonds is 9. The Morgan fingerprint density at radius 1 is 1.09 bits per heavy atom. The number of hydrazine groups is 1. The van der Waals surface area contributed by atoms with Crippen LogP contribution in [0, 0.1) is 5.82 Å². The van der Waals surface area contributed by atoms with Gasteiger partial charge in [-0.05, 0) is 70.1 Å². The molecule has 1 saturated heterocycles. The lowest BCUT2D eigenvalue weighted by Crippen LogP contribution is -2.55. The van der Waals surface area contributed by atoms with Crippen LogP contribution >= 0.6 is 0 Å². The molecule has 34 heavy (non-hydrogen) atoms. The molecule has 0 spiro atoms. The van der Waals surface area contributed by atoms with Crippen LogP contribution in [0.3, 0.4) is 0 Å². The monoisotopic (exact) mass is 469 g/mol. The standard InChI is InChI=1S/C27H36FN3O3/c1-27(2,3)34-26(33)31(18-10-9-15-22-14-7-8-16-23(22)28)30-19-11-17-24(30)25(32)29-20-21-12-5-4-6-13-21/h4-8,12-14,16,24H,9-11,15,17-20H2,1-3H3,(H,29,32). The maximum absolute atomic E-state index is 13.9. The molecule has 1 fully saturated rings. The molecule has 3 rings (SSSR count). The molecule has 0 radical (unpaired) electrons. The van der Waals surface area contributed by atoms with Gasteiger partial charge in [-0.1, -0.05) is 48.5 Å². The number of aryl methyl sites for hydroxylation is 1. The normalized spacial score (nSPS) is 16.3. The van der Waals surface area contributed by atoms with Crippen LogP contribution in [0.1, 0.15) is 57.6 Å². The Bertz CT molecular complexity index is 946. The molecule has 0 bridgehead atoms. The highest BCUT2D eigenvalue weighted by molar-refractivity contribution is 5.82. The minimum atomic E-state index is -0.646. The molecule has 0 aromatic heterocycles. The summed E-state index contributed by atoms with van der Waals surface area (Å²) in [4.78, 5) is 26.1. The highest BCUT2D eigenvalue weighted by atomic mass is 19.1. The fraction of sp³-hybridized carbons (Fsp3) is 0.481. The molecule has 2 aromatic carbocycles. The van der Waals surface area contributed by atoms with Gasteiger partial charge in [0.25, 0.3) is 0 Å². The maximum atomic E-state index is 13.9. The summed E-state index contributed by atoms with van der Waals surface area (Å²) in [5.41, 5.74) is 1.05. The van der Waals surface area contributed by atoms with Crippen LogP contribution in [-0.2, 0) is 22.5 Å². The van der Waals surface area contributed by atoms with Gasteiger partial charge in [-0.2, -0.15) is 0 Å². The Hall–Kier alpha value is -2.93. The second-order valence-corrected chi connectivity index (χ2v) is 9.68. The molecule has 2 amide bonds. The molecule has 1 atom stereocenters. The number of hydrogen-bond acceptors (Lipinski definition) is 4. The first-order chi connectivity index (χ1) is 16.2. The molecule has 0 saturated carbocycles. The SMILES string of the molecule is CC(C)(C)OC(=O)N(CCCCc1ccccc1F)N1CCCC1C(=O)NCc1ccccc1. The third kappa shape index (κ3) is 7.55. The quantitative estimate of drug-likeness (QED) is 0.520. The van der Waals surface area contributed by atoms with Crippen molar-refractivity contribution in [2.45, 2.75) is 71.1 Å². The number of carbonyl (C=O) groups is 2. The molecule has 0 aliphatic carbocycles. The minimum absolute atomic E-state index is 0.0960. The van der Waals surface area contributed by atoms with Crippen molar-refractivity contribution in [3.05, 3.63) is 71.5 Å². The van der Waals surface area contributed by atoms with Crippen molar-refractivity contribution in [2.24, 2.45) is 0 Å². The zero-order chi connectivity index (χ0) is 24.6. The van der Waals surface area contributed by atoms with E-state index in [1.807, 2.05) is 62.2 Å². The Balaban J connectivity index is 1.63. The van der Waals surface area contributed by atoms with Crippen molar-refractivity contribution < 1.29 is 18.7 Å². The van der Waals surface area contributed by atoms with Gasteiger partial charge in [-0.25, -0.2) is 19.2 Å². The molecule has 6 nitrogen and oxygen atoms in total. The zero-order valence-corrected chi connectivity index (χ0v) is 20.4. The van der Waals surface area contributed by atoms with E-state index in [1.54, 1.807) is 17.1 Å². The number of ether oxygens (including phenoxy) is 1. The third-order valence-corrected chi connectivity index (χ3v) is 5.77. The molecular formula is C27H36FN3O3. The van der Waals surface area contributed by atoms with Crippen molar-refractivity contribution in [1.29, 1.82) is 0 Å². The first-order valence-electron chi connectivity index (χ1n) is 12.1. The average Bonchev–Trinajstić information content (AvgIpc) is 3.27. The van der Waals surface area contributed by atoms with Crippen molar-refractivity contribution >= 4 is 12.0 Å². The molecule has 7 heteroatoms. The van der Waals surface area contributed by atoms with E-state index < -0.39 is 17.7 Å². The van der Waals surface area contributed by atoms with Gasteiger partial charge < -0.3 is 10.1 Å². The third-order valence-electron chi connectivity index (χ3n) is 5.77. The Kier molecular flexibility index (Phi) is 9.05. The number of unbranched alkanes of at least 4 members (excludes halogenated alkanes) is 1. The predicted octanol–water partition coefficient (Wildman–Crippen LogP) is 5.08. The van der Waals surface area contributed by atoms with Crippen LogP contribution in [0.15, 0.2) is 54.6 Å². The smallest absolute Gasteiger partial charge is 0.424 e. The van der Waals surface area contributed by atoms with Gasteiger partial charge in [0.1, 0.15) is 17.5 Å². The van der Waals surface area contributed by atoms with Gasteiger partial charge in [0.15, 0.2) is 0 Å². The molecule has 1 unspecified atom stereocenters. The minimum Gasteiger partial charge on any atom is -0.443 e. The lowest BCUT2D eigenvalue weighted by molar-refractivity contribution is -0.132. The Morgan fingerprint density at radius 2 is 1.79 bits per heavy atom. The summed E-state index contributed by atoms with van der Waals surface area (Å²) in [6, 6.07) is 16.1. The van der Waals surface area contributed by atoms with Crippen molar-refractivity contribution in [3.8, 4) is 0 Å². The van der Waals surface area contributed by atoms with E-state index in [9.17, 15) is 14.0 Å². The number of hydrogen-bond donors (Lipinski definition) is 1. The van der Waals surface area contributed by atoms with Crippen LogP contribution in [0.4, 0.5) is 9.18 Å². The first kappa shape index (κ1) is 25.7. The van der Waals surface area contributed by atoms with Crippen molar-refractivity contribution in [1.82, 2.24) is 15.3 Å². The summed E-state index contributed by atoms with van der Waals surface area (Å²) in [5, 5.41) is 6.43. The Morgan fingerprint density at radius 3 is 2.50 bits per heavy atom. The van der Waals surface area contributed by atoms with E-state index in [0.29, 0.717) is 44.5 Å². The van der Waals surface area contributed by atoms with E-state index in [-0.39, 0.29) is 11.7 Å². The predicted molar refractivity (Wildman–Crippen MR) is 130 cm³/mol. The van der Waals surface area contributed by atoms with E-state index in [2.05, 4.69) is 5.32 Å². The van der Waals surface area contributed by atoms with Gasteiger partial charge in [0.05, 0.1) is 0 Å². The van der Waals surface area contributed by atoms with E-state index >= 15 is 0 Å². The highest BCUT2D eigenvalue weighted by Gasteiger charge is 2.38. The van der Waals surface area contributed by atoms with E-state index in [0.717, 1.165) is 18.4 Å². The second kappa shape index (κ2) is 12.0. The zero-order valence-electron chi connectivity index (χ0n) is 20.4. The van der Waals surface area contributed by atoms with Crippen molar-refractivity contribution in [3.63, 3.8) is 0 Å². The maximum Gasteiger partial charge on any atom is 0.424 e. The summed E-state index contributed by atoms with van der Waals surface area (Å²) >= 11 is 0. The van der Waals surface area contributed by atoms with Crippen LogP contribution in [0.2, 0.25) is 0 Å². The second-order valence-electron chi connectivity index (χ2n) is 9.68. The topological polar surface area (TPSA) is 61.9 Å². The fourth-order valence-electron chi connectivity index (χ4n) is 4.13. The van der Waals surface area contributed by atoms with Gasteiger partial charge >= 0.3 is 6.09 Å². The summed E-state index contributed by atoms with van der Waals surface area (Å²) in [7, 11) is 0. The Labute approximate surface area is 202 Å². The lowest BCUT2D eigenvalue weighted by Gasteiger charge is -2.36. The molecule has 1 N–H and O–H groups in total. The van der Waals surface area contributed by atoms with Crippen LogP contribution < -0.4 is 5.32 Å². The lowest BCUT2D eigenvalue weighted by atomic mass is 10.1. The molecule has 2 aromatic rings. The van der Waals surface area contributed by atoms with E-state index in [1.165, 1.54) is 6.07 Å². The van der Waals surface area contributed by atoms with Gasteiger partial charge in [-0.15, -0.1) is 0 Å². The van der Waals surface area contributed by atoms with Crippen LogP contribution in [0.5, 0.6) is 0 Å². The average molecular weight is 470 g/mol. The first-order valence-corrected chi connectivity index (χ1v) is 12.1. The fourth-order valence-corrected chi connectivity index (χ4v) is 4.13. The van der Waals surface area contributed by atoms with Crippen LogP contribution in [0.25, 0.3) is 0 Å². The molecule has 184 valence electrons. The molecule has 1 aliphatic heterocycles. The molecule has 1 aliphatic rings. The van der Waals surface area contributed by atoms with Gasteiger partial charge in [0, 0.05) is 19.6 Å². The number of benzene rings is 2. The largest absolute Gasteiger partial charge is 0.443 e. The van der Waals surface area contributed by atoms with Gasteiger partial charge in [0.2, 0.25) is 5.91 Å². The molecular weight excluding hydrogens is 433 g/mol. The summed E-state index contributed by atoms with van der Waals surface area (Å²) in [6.07, 6.45) is 3.02. The number of nitrogens with one attached hydrogen (secondary N) is 1. The summed E-state index contributed by atoms with van der Waals surface area (Å²) in [6.45, 7) is 6.95.